The number of nitriles is 1. The van der Waals surface area contributed by atoms with Gasteiger partial charge in [-0.2, -0.15) is 5.26 Å². The first-order valence-electron chi connectivity index (χ1n) is 8.68. The molecule has 1 aliphatic heterocycles. The Morgan fingerprint density at radius 1 is 0.920 bits per heavy atom. The second-order valence-corrected chi connectivity index (χ2v) is 5.83. The van der Waals surface area contributed by atoms with Crippen LogP contribution in [0, 0.1) is 11.3 Å². The third-order valence-electron chi connectivity index (χ3n) is 3.82. The molecular formula is C17H27N7O. The Balaban J connectivity index is 1.87. The summed E-state index contributed by atoms with van der Waals surface area (Å²) in [5.41, 5.74) is 1.24. The highest BCUT2D eigenvalue weighted by molar-refractivity contribution is 5.89. The second kappa shape index (κ2) is 11.4. The first kappa shape index (κ1) is 19.1. The fourth-order valence-electron chi connectivity index (χ4n) is 2.40. The van der Waals surface area contributed by atoms with Crippen molar-refractivity contribution in [3.05, 3.63) is 29.8 Å². The summed E-state index contributed by atoms with van der Waals surface area (Å²) in [5.74, 6) is 0. The minimum atomic E-state index is -0.183. The molecule has 2 rings (SSSR count). The first-order chi connectivity index (χ1) is 12.3. The molecule has 2 amide bonds. The Hall–Kier alpha value is -2.18. The number of urea groups is 1. The van der Waals surface area contributed by atoms with E-state index in [0.29, 0.717) is 24.6 Å². The lowest BCUT2D eigenvalue weighted by atomic mass is 10.2. The quantitative estimate of drug-likeness (QED) is 0.493. The summed E-state index contributed by atoms with van der Waals surface area (Å²) in [6.07, 6.45) is 1.11. The van der Waals surface area contributed by atoms with E-state index in [2.05, 4.69) is 32.7 Å². The zero-order chi connectivity index (χ0) is 17.7. The predicted molar refractivity (Wildman–Crippen MR) is 98.1 cm³/mol. The van der Waals surface area contributed by atoms with Gasteiger partial charge in [0.1, 0.15) is 0 Å². The van der Waals surface area contributed by atoms with Crippen LogP contribution < -0.4 is 26.6 Å². The molecule has 1 saturated heterocycles. The van der Waals surface area contributed by atoms with Gasteiger partial charge in [-0.15, -0.1) is 0 Å². The highest BCUT2D eigenvalue weighted by Gasteiger charge is 2.13. The van der Waals surface area contributed by atoms with Gasteiger partial charge >= 0.3 is 6.03 Å². The number of rotatable bonds is 1. The number of nitrogens with one attached hydrogen (secondary N) is 5. The van der Waals surface area contributed by atoms with Crippen molar-refractivity contribution in [3.8, 4) is 6.07 Å². The van der Waals surface area contributed by atoms with E-state index in [4.69, 9.17) is 5.26 Å². The van der Waals surface area contributed by atoms with Crippen LogP contribution in [0.1, 0.15) is 12.0 Å². The van der Waals surface area contributed by atoms with Crippen molar-refractivity contribution in [1.29, 1.82) is 5.26 Å². The average molecular weight is 345 g/mol. The van der Waals surface area contributed by atoms with E-state index in [1.807, 2.05) is 0 Å². The molecule has 136 valence electrons. The minimum Gasteiger partial charge on any atom is -0.315 e. The van der Waals surface area contributed by atoms with E-state index >= 15 is 0 Å². The molecule has 8 heteroatoms. The molecule has 5 N–H and O–H groups in total. The van der Waals surface area contributed by atoms with Gasteiger partial charge in [0.05, 0.1) is 25.0 Å². The van der Waals surface area contributed by atoms with Crippen molar-refractivity contribution in [2.24, 2.45) is 0 Å². The molecule has 0 bridgehead atoms. The van der Waals surface area contributed by atoms with Gasteiger partial charge in [0.25, 0.3) is 0 Å². The Labute approximate surface area is 149 Å². The number of benzene rings is 1. The monoisotopic (exact) mass is 345 g/mol. The van der Waals surface area contributed by atoms with Gasteiger partial charge in [0.2, 0.25) is 0 Å². The lowest BCUT2D eigenvalue weighted by Crippen LogP contribution is -2.48. The van der Waals surface area contributed by atoms with E-state index in [1.165, 1.54) is 0 Å². The number of carbonyl (C=O) groups excluding carboxylic acids is 1. The summed E-state index contributed by atoms with van der Waals surface area (Å²) in [5, 5.41) is 25.0. The molecule has 0 spiro atoms. The fraction of sp³-hybridized carbons (Fsp3) is 0.529. The number of hydrogen-bond acceptors (Lipinski definition) is 6. The Morgan fingerprint density at radius 2 is 1.48 bits per heavy atom. The zero-order valence-corrected chi connectivity index (χ0v) is 14.5. The van der Waals surface area contributed by atoms with Gasteiger partial charge < -0.3 is 16.0 Å². The zero-order valence-electron chi connectivity index (χ0n) is 14.5. The molecule has 1 aromatic carbocycles. The molecule has 1 heterocycles. The maximum Gasteiger partial charge on any atom is 0.323 e. The summed E-state index contributed by atoms with van der Waals surface area (Å²) in [7, 11) is 0. The standard InChI is InChI=1S/C17H27N7O/c18-12-15-2-4-16(5-3-15)23-17(25)24-13-21-10-8-19-6-1-7-20-9-11-22-14-24/h2-5,19-22H,1,6-11,13-14H2,(H,23,25). The van der Waals surface area contributed by atoms with E-state index in [9.17, 15) is 4.79 Å². The number of hydrogen-bond donors (Lipinski definition) is 5. The molecule has 0 saturated carbocycles. The van der Waals surface area contributed by atoms with Gasteiger partial charge in [-0.05, 0) is 43.8 Å². The van der Waals surface area contributed by atoms with Crippen LogP contribution >= 0.6 is 0 Å². The Morgan fingerprint density at radius 3 is 2.04 bits per heavy atom. The van der Waals surface area contributed by atoms with E-state index < -0.39 is 0 Å². The van der Waals surface area contributed by atoms with Crippen LogP contribution in [0.15, 0.2) is 24.3 Å². The minimum absolute atomic E-state index is 0.183. The molecule has 1 aromatic rings. The van der Waals surface area contributed by atoms with Gasteiger partial charge in [0, 0.05) is 31.9 Å². The van der Waals surface area contributed by atoms with Crippen molar-refractivity contribution in [2.75, 3.05) is 57.9 Å². The highest BCUT2D eigenvalue weighted by Crippen LogP contribution is 2.09. The topological polar surface area (TPSA) is 104 Å². The summed E-state index contributed by atoms with van der Waals surface area (Å²) in [4.78, 5) is 14.2. The molecule has 8 nitrogen and oxygen atoms in total. The van der Waals surface area contributed by atoms with Crippen LogP contribution in [-0.4, -0.2) is 63.5 Å². The van der Waals surface area contributed by atoms with Crippen molar-refractivity contribution in [2.45, 2.75) is 6.42 Å². The predicted octanol–water partition coefficient (Wildman–Crippen LogP) is 0.0693. The molecular weight excluding hydrogens is 318 g/mol. The number of carbonyl (C=O) groups is 1. The smallest absolute Gasteiger partial charge is 0.315 e. The molecule has 0 unspecified atom stereocenters. The maximum absolute atomic E-state index is 12.5. The van der Waals surface area contributed by atoms with Gasteiger partial charge in [-0.1, -0.05) is 0 Å². The SMILES string of the molecule is N#Cc1ccc(NC(=O)N2CNCCNCCCNCCNC2)cc1. The van der Waals surface area contributed by atoms with E-state index in [0.717, 1.165) is 45.7 Å². The van der Waals surface area contributed by atoms with Crippen LogP contribution in [0.4, 0.5) is 10.5 Å². The summed E-state index contributed by atoms with van der Waals surface area (Å²) < 4.78 is 0. The third-order valence-corrected chi connectivity index (χ3v) is 3.82. The molecule has 1 fully saturated rings. The molecule has 25 heavy (non-hydrogen) atoms. The van der Waals surface area contributed by atoms with Crippen molar-refractivity contribution >= 4 is 11.7 Å². The maximum atomic E-state index is 12.5. The summed E-state index contributed by atoms with van der Waals surface area (Å²) in [6.45, 7) is 6.25. The van der Waals surface area contributed by atoms with Gasteiger partial charge in [-0.25, -0.2) is 4.79 Å². The molecule has 0 atom stereocenters. The van der Waals surface area contributed by atoms with Crippen LogP contribution in [0.2, 0.25) is 0 Å². The first-order valence-corrected chi connectivity index (χ1v) is 8.68. The van der Waals surface area contributed by atoms with Crippen LogP contribution in [0.25, 0.3) is 0 Å². The number of anilines is 1. The molecule has 0 aliphatic carbocycles. The van der Waals surface area contributed by atoms with Gasteiger partial charge in [0.15, 0.2) is 0 Å². The lowest BCUT2D eigenvalue weighted by Gasteiger charge is -2.24. The largest absolute Gasteiger partial charge is 0.323 e. The normalized spacial score (nSPS) is 18.0. The van der Waals surface area contributed by atoms with Crippen LogP contribution in [0.3, 0.4) is 0 Å². The molecule has 1 aliphatic rings. The van der Waals surface area contributed by atoms with Crippen molar-refractivity contribution < 1.29 is 4.79 Å². The van der Waals surface area contributed by atoms with Crippen LogP contribution in [0.5, 0.6) is 0 Å². The Bertz CT molecular complexity index is 541. The highest BCUT2D eigenvalue weighted by atomic mass is 16.2. The van der Waals surface area contributed by atoms with E-state index in [-0.39, 0.29) is 6.03 Å². The second-order valence-electron chi connectivity index (χ2n) is 5.83. The summed E-state index contributed by atoms with van der Waals surface area (Å²) in [6, 6.07) is 8.72. The van der Waals surface area contributed by atoms with Crippen molar-refractivity contribution in [3.63, 3.8) is 0 Å². The number of nitrogens with zero attached hydrogens (tertiary/aromatic N) is 2. The lowest BCUT2D eigenvalue weighted by molar-refractivity contribution is 0.201. The van der Waals surface area contributed by atoms with Crippen LogP contribution in [-0.2, 0) is 0 Å². The number of amides is 2. The summed E-state index contributed by atoms with van der Waals surface area (Å²) >= 11 is 0. The average Bonchev–Trinajstić information content (AvgIpc) is 2.64. The van der Waals surface area contributed by atoms with Crippen molar-refractivity contribution in [1.82, 2.24) is 26.2 Å². The molecule has 0 radical (unpaired) electrons. The fourth-order valence-corrected chi connectivity index (χ4v) is 2.40. The van der Waals surface area contributed by atoms with Gasteiger partial charge in [-0.3, -0.25) is 15.5 Å². The van der Waals surface area contributed by atoms with E-state index in [1.54, 1.807) is 29.2 Å². The third kappa shape index (κ3) is 7.49. The Kier molecular flexibility index (Phi) is 8.72. The molecule has 0 aromatic heterocycles.